The molecule has 0 spiro atoms. The van der Waals surface area contributed by atoms with Crippen molar-refractivity contribution in [1.29, 1.82) is 0 Å². The van der Waals surface area contributed by atoms with Crippen molar-refractivity contribution in [2.75, 3.05) is 0 Å². The zero-order valence-corrected chi connectivity index (χ0v) is 13.3. The van der Waals surface area contributed by atoms with E-state index in [0.717, 1.165) is 12.8 Å². The molecule has 0 amide bonds. The minimum Gasteiger partial charge on any atom is -0.282 e. The summed E-state index contributed by atoms with van der Waals surface area (Å²) in [6.45, 7) is 9.99. The van der Waals surface area contributed by atoms with E-state index >= 15 is 0 Å². The predicted molar refractivity (Wildman–Crippen MR) is 83.4 cm³/mol. The summed E-state index contributed by atoms with van der Waals surface area (Å²) in [5, 5.41) is 0. The average molecular weight is 296 g/mol. The Labute approximate surface area is 122 Å². The molecule has 1 aromatic carbocycles. The maximum atomic E-state index is 10.9. The van der Waals surface area contributed by atoms with Gasteiger partial charge in [0.1, 0.15) is 0 Å². The summed E-state index contributed by atoms with van der Waals surface area (Å²) >= 11 is 0. The van der Waals surface area contributed by atoms with Crippen molar-refractivity contribution in [2.45, 2.75) is 51.9 Å². The molecular weight excluding hydrogens is 272 g/mol. The second kappa shape index (κ2) is 6.55. The molecule has 0 bridgehead atoms. The maximum Gasteiger partial charge on any atom is 0.290 e. The molecule has 0 aromatic heterocycles. The molecule has 0 fully saturated rings. The van der Waals surface area contributed by atoms with Crippen LogP contribution in [0.15, 0.2) is 35.7 Å². The summed E-state index contributed by atoms with van der Waals surface area (Å²) in [7, 11) is -4.09. The van der Waals surface area contributed by atoms with Gasteiger partial charge in [-0.25, -0.2) is 0 Å². The smallest absolute Gasteiger partial charge is 0.282 e. The topological polar surface area (TPSA) is 54.4 Å². The lowest BCUT2D eigenvalue weighted by atomic mass is 9.79. The van der Waals surface area contributed by atoms with Gasteiger partial charge in [-0.3, -0.25) is 4.55 Å². The highest BCUT2D eigenvalue weighted by atomic mass is 32.2. The number of hydrogen-bond donors (Lipinski definition) is 1. The Kier molecular flexibility index (Phi) is 5.54. The third kappa shape index (κ3) is 4.46. The van der Waals surface area contributed by atoms with E-state index in [1.54, 1.807) is 0 Å². The van der Waals surface area contributed by atoms with Gasteiger partial charge in [-0.15, -0.1) is 0 Å². The fourth-order valence-electron chi connectivity index (χ4n) is 2.19. The van der Waals surface area contributed by atoms with E-state index in [1.807, 2.05) is 12.1 Å². The highest BCUT2D eigenvalue weighted by Gasteiger charge is 2.21. The molecule has 0 unspecified atom stereocenters. The molecule has 20 heavy (non-hydrogen) atoms. The van der Waals surface area contributed by atoms with Crippen LogP contribution in [-0.4, -0.2) is 13.0 Å². The fraction of sp³-hybridized carbons (Fsp3) is 0.500. The second-order valence-electron chi connectivity index (χ2n) is 5.76. The Hall–Kier alpha value is -1.13. The van der Waals surface area contributed by atoms with Crippen LogP contribution in [-0.2, 0) is 22.0 Å². The van der Waals surface area contributed by atoms with Crippen molar-refractivity contribution in [1.82, 2.24) is 0 Å². The van der Waals surface area contributed by atoms with E-state index in [9.17, 15) is 8.42 Å². The van der Waals surface area contributed by atoms with Crippen molar-refractivity contribution in [3.8, 4) is 0 Å². The molecular formula is C16H24O3S. The Bertz CT molecular complexity index is 571. The summed E-state index contributed by atoms with van der Waals surface area (Å²) in [6, 6.07) is 8.26. The van der Waals surface area contributed by atoms with Crippen molar-refractivity contribution in [3.05, 3.63) is 46.9 Å². The van der Waals surface area contributed by atoms with Gasteiger partial charge in [0.05, 0.1) is 4.91 Å². The monoisotopic (exact) mass is 296 g/mol. The molecule has 112 valence electrons. The fourth-order valence-corrected chi connectivity index (χ4v) is 2.60. The van der Waals surface area contributed by atoms with Crippen molar-refractivity contribution >= 4 is 10.1 Å². The highest BCUT2D eigenvalue weighted by Crippen LogP contribution is 2.30. The van der Waals surface area contributed by atoms with Gasteiger partial charge in [-0.1, -0.05) is 51.6 Å². The Balaban J connectivity index is 2.77. The molecule has 3 nitrogen and oxygen atoms in total. The van der Waals surface area contributed by atoms with Crippen molar-refractivity contribution in [2.24, 2.45) is 0 Å². The zero-order valence-electron chi connectivity index (χ0n) is 12.5. The van der Waals surface area contributed by atoms with Gasteiger partial charge < -0.3 is 0 Å². The number of allylic oxidation sites excluding steroid dienone is 1. The first kappa shape index (κ1) is 16.9. The average Bonchev–Trinajstić information content (AvgIpc) is 2.38. The van der Waals surface area contributed by atoms with Crippen molar-refractivity contribution < 1.29 is 13.0 Å². The third-order valence-electron chi connectivity index (χ3n) is 3.90. The Morgan fingerprint density at radius 1 is 1.30 bits per heavy atom. The second-order valence-corrected chi connectivity index (χ2v) is 7.29. The summed E-state index contributed by atoms with van der Waals surface area (Å²) < 4.78 is 30.7. The lowest BCUT2D eigenvalue weighted by Crippen LogP contribution is -2.18. The minimum atomic E-state index is -4.09. The molecule has 1 aromatic rings. The summed E-state index contributed by atoms with van der Waals surface area (Å²) in [6.07, 6.45) is 2.78. The van der Waals surface area contributed by atoms with Crippen LogP contribution in [0.1, 0.15) is 51.2 Å². The van der Waals surface area contributed by atoms with Gasteiger partial charge in [-0.05, 0) is 42.2 Å². The zero-order chi connectivity index (χ0) is 15.4. The lowest BCUT2D eigenvalue weighted by molar-refractivity contribution is 0.488. The van der Waals surface area contributed by atoms with E-state index in [0.29, 0.717) is 12.8 Å². The predicted octanol–water partition coefficient (Wildman–Crippen LogP) is 4.10. The molecule has 0 radical (unpaired) electrons. The van der Waals surface area contributed by atoms with Crippen LogP contribution in [0, 0.1) is 0 Å². The van der Waals surface area contributed by atoms with E-state index in [1.165, 1.54) is 11.1 Å². The van der Waals surface area contributed by atoms with Gasteiger partial charge in [-0.2, -0.15) is 8.42 Å². The van der Waals surface area contributed by atoms with Crippen LogP contribution in [0.5, 0.6) is 0 Å². The quantitative estimate of drug-likeness (QED) is 0.771. The molecule has 0 saturated heterocycles. The van der Waals surface area contributed by atoms with Crippen LogP contribution in [0.25, 0.3) is 0 Å². The standard InChI is InChI=1S/C16H24O3S/c1-5-16(3,4)15-12-7-6-10-14(15)11-8-9-13(2)20(17,18)19/h6-7,10,12H,2,5,8-9,11H2,1,3-4H3,(H,17,18,19). The molecule has 4 heteroatoms. The van der Waals surface area contributed by atoms with Crippen LogP contribution < -0.4 is 0 Å². The molecule has 0 heterocycles. The van der Waals surface area contributed by atoms with Gasteiger partial charge >= 0.3 is 0 Å². The molecule has 1 rings (SSSR count). The number of rotatable bonds is 7. The van der Waals surface area contributed by atoms with Gasteiger partial charge in [0.15, 0.2) is 0 Å². The van der Waals surface area contributed by atoms with Crippen molar-refractivity contribution in [3.63, 3.8) is 0 Å². The van der Waals surface area contributed by atoms with Crippen LogP contribution in [0.2, 0.25) is 0 Å². The molecule has 0 aliphatic heterocycles. The SMILES string of the molecule is C=C(CCCc1ccccc1C(C)(C)CC)S(=O)(=O)O. The molecule has 0 aliphatic rings. The Morgan fingerprint density at radius 2 is 1.90 bits per heavy atom. The molecule has 1 N–H and O–H groups in total. The van der Waals surface area contributed by atoms with Crippen LogP contribution in [0.4, 0.5) is 0 Å². The first-order chi connectivity index (χ1) is 9.18. The van der Waals surface area contributed by atoms with Crippen LogP contribution in [0.3, 0.4) is 0 Å². The van der Waals surface area contributed by atoms with E-state index in [-0.39, 0.29) is 10.3 Å². The summed E-state index contributed by atoms with van der Waals surface area (Å²) in [5.41, 5.74) is 2.65. The van der Waals surface area contributed by atoms with E-state index in [2.05, 4.69) is 39.5 Å². The molecule has 0 saturated carbocycles. The first-order valence-electron chi connectivity index (χ1n) is 6.92. The number of benzene rings is 1. The minimum absolute atomic E-state index is 0.107. The van der Waals surface area contributed by atoms with Gasteiger partial charge in [0, 0.05) is 0 Å². The van der Waals surface area contributed by atoms with E-state index in [4.69, 9.17) is 4.55 Å². The van der Waals surface area contributed by atoms with Crippen LogP contribution >= 0.6 is 0 Å². The highest BCUT2D eigenvalue weighted by molar-refractivity contribution is 7.89. The first-order valence-corrected chi connectivity index (χ1v) is 8.36. The molecule has 0 atom stereocenters. The maximum absolute atomic E-state index is 10.9. The largest absolute Gasteiger partial charge is 0.290 e. The normalized spacial score (nSPS) is 12.4. The van der Waals surface area contributed by atoms with Gasteiger partial charge in [0.25, 0.3) is 10.1 Å². The van der Waals surface area contributed by atoms with Gasteiger partial charge in [0.2, 0.25) is 0 Å². The molecule has 0 aliphatic carbocycles. The summed E-state index contributed by atoms with van der Waals surface area (Å²) in [5.74, 6) is 0. The summed E-state index contributed by atoms with van der Waals surface area (Å²) in [4.78, 5) is -0.107. The third-order valence-corrected chi connectivity index (χ3v) is 4.83. The number of hydrogen-bond acceptors (Lipinski definition) is 2. The van der Waals surface area contributed by atoms with E-state index < -0.39 is 10.1 Å². The number of aryl methyl sites for hydroxylation is 1. The lowest BCUT2D eigenvalue weighted by Gasteiger charge is -2.26. The Morgan fingerprint density at radius 3 is 2.45 bits per heavy atom.